The van der Waals surface area contributed by atoms with Gasteiger partial charge in [0.2, 0.25) is 5.91 Å². The van der Waals surface area contributed by atoms with Gasteiger partial charge in [-0.15, -0.1) is 11.3 Å². The van der Waals surface area contributed by atoms with Gasteiger partial charge in [-0.1, -0.05) is 6.92 Å². The Morgan fingerprint density at radius 2 is 2.43 bits per heavy atom. The highest BCUT2D eigenvalue weighted by molar-refractivity contribution is 7.14. The average Bonchev–Trinajstić information content (AvgIpc) is 2.71. The van der Waals surface area contributed by atoms with Gasteiger partial charge in [-0.25, -0.2) is 9.78 Å². The molecule has 0 radical (unpaired) electrons. The maximum atomic E-state index is 11.2. The number of aryl methyl sites for hydroxylation is 1. The summed E-state index contributed by atoms with van der Waals surface area (Å²) in [5.74, 6) is -0.275. The molecule has 2 rings (SSSR count). The number of thiazole rings is 1. The molecule has 1 aliphatic rings. The molecule has 74 valence electrons. The minimum Gasteiger partial charge on any atom is -0.276 e. The van der Waals surface area contributed by atoms with Gasteiger partial charge in [-0.05, 0) is 6.42 Å². The van der Waals surface area contributed by atoms with Crippen molar-refractivity contribution in [3.63, 3.8) is 0 Å². The number of amides is 3. The number of nitrogens with one attached hydrogen (secondary N) is 1. The Morgan fingerprint density at radius 1 is 1.64 bits per heavy atom. The fourth-order valence-corrected chi connectivity index (χ4v) is 2.08. The van der Waals surface area contributed by atoms with Crippen LogP contribution in [0.15, 0.2) is 5.38 Å². The zero-order valence-corrected chi connectivity index (χ0v) is 8.43. The van der Waals surface area contributed by atoms with E-state index < -0.39 is 0 Å². The summed E-state index contributed by atoms with van der Waals surface area (Å²) in [5.41, 5.74) is 0.942. The van der Waals surface area contributed by atoms with E-state index in [2.05, 4.69) is 10.3 Å². The molecule has 1 aromatic heterocycles. The highest BCUT2D eigenvalue weighted by atomic mass is 32.1. The largest absolute Gasteiger partial charge is 0.330 e. The maximum absolute atomic E-state index is 11.2. The van der Waals surface area contributed by atoms with Crippen LogP contribution in [0.1, 0.15) is 12.6 Å². The van der Waals surface area contributed by atoms with Crippen LogP contribution in [0, 0.1) is 0 Å². The van der Waals surface area contributed by atoms with E-state index in [9.17, 15) is 9.59 Å². The minimum absolute atomic E-state index is 0.0789. The smallest absolute Gasteiger partial charge is 0.276 e. The number of carbonyl (C=O) groups excluding carboxylic acids is 2. The number of imide groups is 1. The second kappa shape index (κ2) is 3.38. The molecule has 6 heteroatoms. The first-order valence-electron chi connectivity index (χ1n) is 4.26. The molecular weight excluding hydrogens is 202 g/mol. The van der Waals surface area contributed by atoms with E-state index in [1.54, 1.807) is 0 Å². The highest BCUT2D eigenvalue weighted by Gasteiger charge is 2.29. The fraction of sp³-hybridized carbons (Fsp3) is 0.375. The van der Waals surface area contributed by atoms with Gasteiger partial charge in [-0.3, -0.25) is 15.0 Å². The van der Waals surface area contributed by atoms with E-state index in [1.807, 2.05) is 12.3 Å². The monoisotopic (exact) mass is 211 g/mol. The van der Waals surface area contributed by atoms with Crippen LogP contribution >= 0.6 is 11.3 Å². The topological polar surface area (TPSA) is 62.3 Å². The molecule has 0 atom stereocenters. The highest BCUT2D eigenvalue weighted by Crippen LogP contribution is 2.22. The normalized spacial score (nSPS) is 16.2. The first kappa shape index (κ1) is 9.14. The van der Waals surface area contributed by atoms with E-state index in [-0.39, 0.29) is 18.5 Å². The summed E-state index contributed by atoms with van der Waals surface area (Å²) in [6.45, 7) is 2.07. The molecule has 3 amide bonds. The molecule has 5 nitrogen and oxygen atoms in total. The molecule has 0 unspecified atom stereocenters. The fourth-order valence-electron chi connectivity index (χ4n) is 1.18. The van der Waals surface area contributed by atoms with Crippen LogP contribution in [0.2, 0.25) is 0 Å². The SMILES string of the molecule is CCc1csc(N2CC(=O)NC2=O)n1. The number of hydrogen-bond donors (Lipinski definition) is 1. The number of hydrogen-bond acceptors (Lipinski definition) is 4. The standard InChI is InChI=1S/C8H9N3O2S/c1-2-5-4-14-8(9-5)11-3-6(12)10-7(11)13/h4H,2-3H2,1H3,(H,10,12,13). The van der Waals surface area contributed by atoms with Crippen molar-refractivity contribution in [3.8, 4) is 0 Å². The number of rotatable bonds is 2. The summed E-state index contributed by atoms with van der Waals surface area (Å²) >= 11 is 1.38. The third-order valence-corrected chi connectivity index (χ3v) is 2.84. The van der Waals surface area contributed by atoms with Crippen molar-refractivity contribution >= 4 is 28.4 Å². The van der Waals surface area contributed by atoms with E-state index in [1.165, 1.54) is 16.2 Å². The Kier molecular flexibility index (Phi) is 2.20. The number of anilines is 1. The van der Waals surface area contributed by atoms with Crippen LogP contribution in [-0.2, 0) is 11.2 Å². The average molecular weight is 211 g/mol. The lowest BCUT2D eigenvalue weighted by atomic mass is 10.4. The lowest BCUT2D eigenvalue weighted by molar-refractivity contribution is -0.117. The van der Waals surface area contributed by atoms with Crippen LogP contribution in [0.25, 0.3) is 0 Å². The van der Waals surface area contributed by atoms with Crippen molar-refractivity contribution in [2.45, 2.75) is 13.3 Å². The summed E-state index contributed by atoms with van der Waals surface area (Å²) in [6, 6.07) is -0.382. The zero-order chi connectivity index (χ0) is 10.1. The number of aromatic nitrogens is 1. The Hall–Kier alpha value is -1.43. The van der Waals surface area contributed by atoms with Crippen LogP contribution in [-0.4, -0.2) is 23.5 Å². The van der Waals surface area contributed by atoms with Gasteiger partial charge in [0.15, 0.2) is 5.13 Å². The van der Waals surface area contributed by atoms with E-state index in [0.717, 1.165) is 12.1 Å². The predicted molar refractivity (Wildman–Crippen MR) is 52.4 cm³/mol. The summed E-state index contributed by atoms with van der Waals surface area (Å²) in [7, 11) is 0. The third-order valence-electron chi connectivity index (χ3n) is 1.93. The number of urea groups is 1. The molecule has 0 aromatic carbocycles. The van der Waals surface area contributed by atoms with E-state index >= 15 is 0 Å². The summed E-state index contributed by atoms with van der Waals surface area (Å²) in [5, 5.41) is 4.69. The molecule has 14 heavy (non-hydrogen) atoms. The van der Waals surface area contributed by atoms with Gasteiger partial charge in [0.1, 0.15) is 6.54 Å². The van der Waals surface area contributed by atoms with Gasteiger partial charge < -0.3 is 0 Å². The second-order valence-electron chi connectivity index (χ2n) is 2.91. The molecule has 1 fully saturated rings. The zero-order valence-electron chi connectivity index (χ0n) is 7.61. The molecule has 1 aromatic rings. The maximum Gasteiger partial charge on any atom is 0.330 e. The Balaban J connectivity index is 2.22. The third kappa shape index (κ3) is 1.48. The van der Waals surface area contributed by atoms with Crippen molar-refractivity contribution in [1.82, 2.24) is 10.3 Å². The van der Waals surface area contributed by atoms with Crippen molar-refractivity contribution in [1.29, 1.82) is 0 Å². The van der Waals surface area contributed by atoms with Gasteiger partial charge in [0, 0.05) is 5.38 Å². The van der Waals surface area contributed by atoms with Crippen LogP contribution in [0.4, 0.5) is 9.93 Å². The molecule has 2 heterocycles. The quantitative estimate of drug-likeness (QED) is 0.735. The molecule has 1 aliphatic heterocycles. The second-order valence-corrected chi connectivity index (χ2v) is 3.75. The Labute approximate surface area is 84.7 Å². The van der Waals surface area contributed by atoms with Crippen molar-refractivity contribution in [2.24, 2.45) is 0 Å². The first-order chi connectivity index (χ1) is 6.70. The molecule has 1 saturated heterocycles. The van der Waals surface area contributed by atoms with Crippen LogP contribution in [0.5, 0.6) is 0 Å². The van der Waals surface area contributed by atoms with Gasteiger partial charge in [0.05, 0.1) is 5.69 Å². The van der Waals surface area contributed by atoms with Gasteiger partial charge >= 0.3 is 6.03 Å². The van der Waals surface area contributed by atoms with Crippen molar-refractivity contribution in [3.05, 3.63) is 11.1 Å². The van der Waals surface area contributed by atoms with Gasteiger partial charge in [-0.2, -0.15) is 0 Å². The molecule has 0 aliphatic carbocycles. The van der Waals surface area contributed by atoms with Crippen molar-refractivity contribution in [2.75, 3.05) is 11.4 Å². The molecule has 0 bridgehead atoms. The lowest BCUT2D eigenvalue weighted by Crippen LogP contribution is -2.27. The lowest BCUT2D eigenvalue weighted by Gasteiger charge is -2.07. The van der Waals surface area contributed by atoms with Gasteiger partial charge in [0.25, 0.3) is 0 Å². The summed E-state index contributed by atoms with van der Waals surface area (Å²) in [6.07, 6.45) is 0.833. The minimum atomic E-state index is -0.382. The molecular formula is C8H9N3O2S. The van der Waals surface area contributed by atoms with Crippen LogP contribution < -0.4 is 10.2 Å². The summed E-state index contributed by atoms with van der Waals surface area (Å²) in [4.78, 5) is 27.7. The predicted octanol–water partition coefficient (Wildman–Crippen LogP) is 0.762. The molecule has 0 saturated carbocycles. The molecule has 1 N–H and O–H groups in total. The van der Waals surface area contributed by atoms with Crippen molar-refractivity contribution < 1.29 is 9.59 Å². The van der Waals surface area contributed by atoms with E-state index in [0.29, 0.717) is 5.13 Å². The number of nitrogens with zero attached hydrogens (tertiary/aromatic N) is 2. The van der Waals surface area contributed by atoms with E-state index in [4.69, 9.17) is 0 Å². The Bertz CT molecular complexity index is 388. The Morgan fingerprint density at radius 3 is 2.93 bits per heavy atom. The molecule has 0 spiro atoms. The number of carbonyl (C=O) groups is 2. The van der Waals surface area contributed by atoms with Crippen LogP contribution in [0.3, 0.4) is 0 Å². The first-order valence-corrected chi connectivity index (χ1v) is 5.14. The summed E-state index contributed by atoms with van der Waals surface area (Å²) < 4.78 is 0.